The van der Waals surface area contributed by atoms with E-state index in [4.69, 9.17) is 20.8 Å². The molecule has 0 fully saturated rings. The SMILES string of the molecule is NC(=NO)c1ncccc1CNCCOCCO. The first-order chi connectivity index (χ1) is 8.79. The zero-order chi connectivity index (χ0) is 13.2. The molecule has 0 saturated heterocycles. The minimum Gasteiger partial charge on any atom is -0.409 e. The molecule has 0 aliphatic heterocycles. The van der Waals surface area contributed by atoms with E-state index in [1.54, 1.807) is 12.3 Å². The maximum absolute atomic E-state index is 8.64. The van der Waals surface area contributed by atoms with E-state index in [-0.39, 0.29) is 12.4 Å². The molecule has 0 amide bonds. The number of aliphatic hydroxyl groups is 1. The second-order valence-electron chi connectivity index (χ2n) is 3.51. The first-order valence-electron chi connectivity index (χ1n) is 5.60. The van der Waals surface area contributed by atoms with Crippen LogP contribution in [0.4, 0.5) is 0 Å². The Morgan fingerprint density at radius 3 is 3.06 bits per heavy atom. The zero-order valence-corrected chi connectivity index (χ0v) is 10.0. The minimum absolute atomic E-state index is 0.0102. The first kappa shape index (κ1) is 14.4. The van der Waals surface area contributed by atoms with Gasteiger partial charge in [0.05, 0.1) is 19.8 Å². The minimum atomic E-state index is -0.0102. The topological polar surface area (TPSA) is 113 Å². The summed E-state index contributed by atoms with van der Waals surface area (Å²) in [6.45, 7) is 2.06. The summed E-state index contributed by atoms with van der Waals surface area (Å²) in [7, 11) is 0. The summed E-state index contributed by atoms with van der Waals surface area (Å²) in [5.41, 5.74) is 6.83. The number of hydrogen-bond acceptors (Lipinski definition) is 6. The molecule has 0 unspecified atom stereocenters. The van der Waals surface area contributed by atoms with Crippen LogP contribution in [-0.4, -0.2) is 47.5 Å². The predicted octanol–water partition coefficient (Wildman–Crippen LogP) is -0.725. The van der Waals surface area contributed by atoms with Gasteiger partial charge in [-0.2, -0.15) is 0 Å². The number of oxime groups is 1. The Labute approximate surface area is 105 Å². The van der Waals surface area contributed by atoms with Gasteiger partial charge in [-0.15, -0.1) is 0 Å². The second-order valence-corrected chi connectivity index (χ2v) is 3.51. The van der Waals surface area contributed by atoms with E-state index in [9.17, 15) is 0 Å². The van der Waals surface area contributed by atoms with Crippen LogP contribution in [0.1, 0.15) is 11.3 Å². The lowest BCUT2D eigenvalue weighted by molar-refractivity contribution is 0.0938. The van der Waals surface area contributed by atoms with E-state index in [0.29, 0.717) is 32.0 Å². The number of nitrogens with two attached hydrogens (primary N) is 1. The van der Waals surface area contributed by atoms with Crippen LogP contribution in [0.25, 0.3) is 0 Å². The standard InChI is InChI=1S/C11H18N4O3/c12-11(15-17)10-9(2-1-3-14-10)8-13-4-6-18-7-5-16/h1-3,13,16-17H,4-8H2,(H2,12,15). The highest BCUT2D eigenvalue weighted by atomic mass is 16.5. The average Bonchev–Trinajstić information content (AvgIpc) is 2.42. The first-order valence-corrected chi connectivity index (χ1v) is 5.60. The molecule has 18 heavy (non-hydrogen) atoms. The molecule has 0 radical (unpaired) electrons. The largest absolute Gasteiger partial charge is 0.409 e. The highest BCUT2D eigenvalue weighted by Crippen LogP contribution is 2.04. The third-order valence-electron chi connectivity index (χ3n) is 2.22. The van der Waals surface area contributed by atoms with Crippen LogP contribution in [-0.2, 0) is 11.3 Å². The van der Waals surface area contributed by atoms with E-state index in [1.807, 2.05) is 6.07 Å². The van der Waals surface area contributed by atoms with Crippen LogP contribution < -0.4 is 11.1 Å². The fourth-order valence-electron chi connectivity index (χ4n) is 1.39. The molecule has 0 saturated carbocycles. The molecule has 1 aromatic rings. The molecular weight excluding hydrogens is 236 g/mol. The molecule has 1 aromatic heterocycles. The van der Waals surface area contributed by atoms with Gasteiger partial charge >= 0.3 is 0 Å². The van der Waals surface area contributed by atoms with Crippen molar-refractivity contribution in [2.45, 2.75) is 6.54 Å². The Hall–Kier alpha value is -1.70. The molecule has 0 atom stereocenters. The maximum atomic E-state index is 8.64. The number of nitrogens with zero attached hydrogens (tertiary/aromatic N) is 2. The fraction of sp³-hybridized carbons (Fsp3) is 0.455. The van der Waals surface area contributed by atoms with Crippen LogP contribution in [0.2, 0.25) is 0 Å². The number of aliphatic hydroxyl groups excluding tert-OH is 1. The monoisotopic (exact) mass is 254 g/mol. The van der Waals surface area contributed by atoms with Gasteiger partial charge in [0.2, 0.25) is 0 Å². The van der Waals surface area contributed by atoms with Crippen LogP contribution >= 0.6 is 0 Å². The van der Waals surface area contributed by atoms with E-state index in [1.165, 1.54) is 0 Å². The Morgan fingerprint density at radius 1 is 1.50 bits per heavy atom. The van der Waals surface area contributed by atoms with Gasteiger partial charge < -0.3 is 26.1 Å². The summed E-state index contributed by atoms with van der Waals surface area (Å²) < 4.78 is 5.10. The quantitative estimate of drug-likeness (QED) is 0.160. The van der Waals surface area contributed by atoms with Gasteiger partial charge in [-0.05, 0) is 11.6 Å². The van der Waals surface area contributed by atoms with Crippen molar-refractivity contribution in [1.29, 1.82) is 0 Å². The molecule has 7 nitrogen and oxygen atoms in total. The van der Waals surface area contributed by atoms with Crippen molar-refractivity contribution in [3.8, 4) is 0 Å². The normalized spacial score (nSPS) is 11.7. The molecule has 0 aliphatic rings. The van der Waals surface area contributed by atoms with Gasteiger partial charge in [-0.25, -0.2) is 0 Å². The Morgan fingerprint density at radius 2 is 2.33 bits per heavy atom. The summed E-state index contributed by atoms with van der Waals surface area (Å²) >= 11 is 0. The molecule has 5 N–H and O–H groups in total. The van der Waals surface area contributed by atoms with E-state index in [0.717, 1.165) is 5.56 Å². The third-order valence-corrected chi connectivity index (χ3v) is 2.22. The highest BCUT2D eigenvalue weighted by molar-refractivity contribution is 5.96. The van der Waals surface area contributed by atoms with Crippen molar-refractivity contribution in [3.05, 3.63) is 29.6 Å². The second kappa shape index (κ2) is 8.40. The van der Waals surface area contributed by atoms with Gasteiger partial charge in [0, 0.05) is 19.3 Å². The van der Waals surface area contributed by atoms with E-state index in [2.05, 4.69) is 15.5 Å². The summed E-state index contributed by atoms with van der Waals surface area (Å²) in [6, 6.07) is 3.63. The molecule has 1 rings (SSSR count). The number of amidine groups is 1. The van der Waals surface area contributed by atoms with Gasteiger partial charge in [0.15, 0.2) is 5.84 Å². The maximum Gasteiger partial charge on any atom is 0.189 e. The van der Waals surface area contributed by atoms with Gasteiger partial charge in [0.25, 0.3) is 0 Å². The summed E-state index contributed by atoms with van der Waals surface area (Å²) in [6.07, 6.45) is 1.58. The van der Waals surface area contributed by atoms with Crippen molar-refractivity contribution < 1.29 is 15.1 Å². The van der Waals surface area contributed by atoms with Crippen molar-refractivity contribution >= 4 is 5.84 Å². The predicted molar refractivity (Wildman–Crippen MR) is 66.4 cm³/mol. The van der Waals surface area contributed by atoms with Crippen LogP contribution in [0, 0.1) is 0 Å². The average molecular weight is 254 g/mol. The number of hydrogen-bond donors (Lipinski definition) is 4. The van der Waals surface area contributed by atoms with Crippen molar-refractivity contribution in [1.82, 2.24) is 10.3 Å². The van der Waals surface area contributed by atoms with Gasteiger partial charge in [-0.3, -0.25) is 4.98 Å². The summed E-state index contributed by atoms with van der Waals surface area (Å²) in [5, 5.41) is 23.2. The summed E-state index contributed by atoms with van der Waals surface area (Å²) in [5.74, 6) is -0.0102. The number of rotatable bonds is 8. The number of pyridine rings is 1. The van der Waals surface area contributed by atoms with E-state index < -0.39 is 0 Å². The van der Waals surface area contributed by atoms with Crippen molar-refractivity contribution in [3.63, 3.8) is 0 Å². The third kappa shape index (κ3) is 4.66. The van der Waals surface area contributed by atoms with Crippen LogP contribution in [0.15, 0.2) is 23.5 Å². The molecule has 0 bridgehead atoms. The highest BCUT2D eigenvalue weighted by Gasteiger charge is 2.07. The number of nitrogens with one attached hydrogen (secondary N) is 1. The molecule has 1 heterocycles. The molecule has 0 aromatic carbocycles. The lowest BCUT2D eigenvalue weighted by atomic mass is 10.2. The zero-order valence-electron chi connectivity index (χ0n) is 10.0. The van der Waals surface area contributed by atoms with E-state index >= 15 is 0 Å². The Kier molecular flexibility index (Phi) is 6.70. The number of aromatic nitrogens is 1. The van der Waals surface area contributed by atoms with Gasteiger partial charge in [-0.1, -0.05) is 11.2 Å². The van der Waals surface area contributed by atoms with Crippen molar-refractivity contribution in [2.75, 3.05) is 26.4 Å². The Bertz CT molecular complexity index is 384. The molecule has 0 spiro atoms. The summed E-state index contributed by atoms with van der Waals surface area (Å²) in [4.78, 5) is 4.06. The van der Waals surface area contributed by atoms with Crippen LogP contribution in [0.3, 0.4) is 0 Å². The number of ether oxygens (including phenoxy) is 1. The molecule has 7 heteroatoms. The fourth-order valence-corrected chi connectivity index (χ4v) is 1.39. The van der Waals surface area contributed by atoms with Gasteiger partial charge in [0.1, 0.15) is 5.69 Å². The molecule has 0 aliphatic carbocycles. The molecular formula is C11H18N4O3. The Balaban J connectivity index is 2.42. The van der Waals surface area contributed by atoms with Crippen LogP contribution in [0.5, 0.6) is 0 Å². The smallest absolute Gasteiger partial charge is 0.189 e. The lowest BCUT2D eigenvalue weighted by Crippen LogP contribution is -2.23. The van der Waals surface area contributed by atoms with Crippen molar-refractivity contribution in [2.24, 2.45) is 10.9 Å². The lowest BCUT2D eigenvalue weighted by Gasteiger charge is -2.08. The molecule has 100 valence electrons.